The lowest BCUT2D eigenvalue weighted by molar-refractivity contribution is 0.0676. The summed E-state index contributed by atoms with van der Waals surface area (Å²) in [4.78, 5) is 9.65. The Kier molecular flexibility index (Phi) is 8.78. The summed E-state index contributed by atoms with van der Waals surface area (Å²) in [5, 5.41) is 6.90. The monoisotopic (exact) mass is 417 g/mol. The highest BCUT2D eigenvalue weighted by Gasteiger charge is 2.22. The lowest BCUT2D eigenvalue weighted by Gasteiger charge is -2.37. The van der Waals surface area contributed by atoms with E-state index in [1.807, 2.05) is 0 Å². The van der Waals surface area contributed by atoms with E-state index in [2.05, 4.69) is 66.6 Å². The van der Waals surface area contributed by atoms with E-state index in [4.69, 9.17) is 14.5 Å². The van der Waals surface area contributed by atoms with Crippen molar-refractivity contribution in [2.24, 2.45) is 4.99 Å². The highest BCUT2D eigenvalue weighted by molar-refractivity contribution is 5.79. The predicted molar refractivity (Wildman–Crippen MR) is 122 cm³/mol. The fourth-order valence-electron chi connectivity index (χ4n) is 3.93. The maximum absolute atomic E-state index is 6.13. The summed E-state index contributed by atoms with van der Waals surface area (Å²) in [6.45, 7) is 11.2. The van der Waals surface area contributed by atoms with Crippen LogP contribution in [0.3, 0.4) is 0 Å². The highest BCUT2D eigenvalue weighted by Crippen LogP contribution is 2.23. The summed E-state index contributed by atoms with van der Waals surface area (Å²) in [6.07, 6.45) is 2.42. The van der Waals surface area contributed by atoms with E-state index in [9.17, 15) is 0 Å². The molecule has 2 atom stereocenters. The molecule has 7 heteroatoms. The van der Waals surface area contributed by atoms with Crippen molar-refractivity contribution >= 4 is 5.96 Å². The molecule has 168 valence electrons. The molecule has 7 nitrogen and oxygen atoms in total. The van der Waals surface area contributed by atoms with E-state index in [0.717, 1.165) is 69.4 Å². The van der Waals surface area contributed by atoms with Gasteiger partial charge < -0.3 is 25.0 Å². The van der Waals surface area contributed by atoms with Crippen molar-refractivity contribution < 1.29 is 9.47 Å². The van der Waals surface area contributed by atoms with Crippen LogP contribution in [0.1, 0.15) is 30.9 Å². The van der Waals surface area contributed by atoms with Crippen molar-refractivity contribution in [2.75, 3.05) is 60.0 Å². The number of likely N-dealkylation sites (N-methyl/N-ethyl adjacent to an activating group) is 2. The first-order valence-electron chi connectivity index (χ1n) is 11.3. The minimum Gasteiger partial charge on any atom is -0.491 e. The summed E-state index contributed by atoms with van der Waals surface area (Å²) in [5.41, 5.74) is 2.30. The van der Waals surface area contributed by atoms with Crippen LogP contribution >= 0.6 is 0 Å². The van der Waals surface area contributed by atoms with Gasteiger partial charge in [-0.15, -0.1) is 0 Å². The maximum Gasteiger partial charge on any atom is 0.191 e. The van der Waals surface area contributed by atoms with Gasteiger partial charge in [-0.25, -0.2) is 4.99 Å². The number of aryl methyl sites for hydroxylation is 1. The first kappa shape index (κ1) is 22.8. The fourth-order valence-corrected chi connectivity index (χ4v) is 3.93. The quantitative estimate of drug-likeness (QED) is 0.497. The zero-order valence-electron chi connectivity index (χ0n) is 19.1. The van der Waals surface area contributed by atoms with Gasteiger partial charge in [0, 0.05) is 50.9 Å². The molecule has 2 saturated heterocycles. The molecule has 2 unspecified atom stereocenters. The van der Waals surface area contributed by atoms with Gasteiger partial charge in [0.2, 0.25) is 0 Å². The van der Waals surface area contributed by atoms with Crippen molar-refractivity contribution in [3.05, 3.63) is 29.3 Å². The molecular weight excluding hydrogens is 378 g/mol. The molecule has 2 aliphatic rings. The Morgan fingerprint density at radius 2 is 2.13 bits per heavy atom. The molecule has 0 spiro atoms. The van der Waals surface area contributed by atoms with Crippen LogP contribution in [0.2, 0.25) is 0 Å². The van der Waals surface area contributed by atoms with Crippen molar-refractivity contribution in [1.29, 1.82) is 0 Å². The number of hydrogen-bond acceptors (Lipinski definition) is 5. The minimum absolute atomic E-state index is 0.214. The number of hydrogen-bond donors (Lipinski definition) is 2. The van der Waals surface area contributed by atoms with Crippen LogP contribution in [0.25, 0.3) is 0 Å². The zero-order chi connectivity index (χ0) is 21.3. The van der Waals surface area contributed by atoms with Crippen molar-refractivity contribution in [3.8, 4) is 5.75 Å². The molecule has 30 heavy (non-hydrogen) atoms. The third kappa shape index (κ3) is 6.86. The summed E-state index contributed by atoms with van der Waals surface area (Å²) in [6, 6.07) is 6.83. The van der Waals surface area contributed by atoms with E-state index in [1.165, 1.54) is 5.56 Å². The molecule has 0 amide bonds. The van der Waals surface area contributed by atoms with Gasteiger partial charge in [0.15, 0.2) is 5.96 Å². The molecule has 1 aromatic rings. The third-order valence-corrected chi connectivity index (χ3v) is 5.91. The van der Waals surface area contributed by atoms with Crippen LogP contribution in [0.15, 0.2) is 23.2 Å². The lowest BCUT2D eigenvalue weighted by atomic mass is 10.1. The average Bonchev–Trinajstić information content (AvgIpc) is 3.25. The van der Waals surface area contributed by atoms with Crippen LogP contribution in [-0.4, -0.2) is 87.9 Å². The highest BCUT2D eigenvalue weighted by atomic mass is 16.5. The molecule has 3 rings (SSSR count). The van der Waals surface area contributed by atoms with Crippen LogP contribution < -0.4 is 15.4 Å². The number of ether oxygens (including phenoxy) is 2. The van der Waals surface area contributed by atoms with Gasteiger partial charge in [-0.3, -0.25) is 4.90 Å². The molecule has 0 aromatic heterocycles. The SMILES string of the molecule is CCNC(=NCc1ccc(C)cc1OCC1CCCO1)NCC1CN(C)CCN1C. The van der Waals surface area contributed by atoms with Gasteiger partial charge in [-0.05, 0) is 52.4 Å². The van der Waals surface area contributed by atoms with Crippen LogP contribution in [0.5, 0.6) is 5.75 Å². The molecule has 2 heterocycles. The Bertz CT molecular complexity index is 690. The van der Waals surface area contributed by atoms with Crippen LogP contribution in [-0.2, 0) is 11.3 Å². The van der Waals surface area contributed by atoms with Gasteiger partial charge in [0.1, 0.15) is 12.4 Å². The Morgan fingerprint density at radius 3 is 2.90 bits per heavy atom. The van der Waals surface area contributed by atoms with Crippen LogP contribution in [0.4, 0.5) is 0 Å². The Labute approximate surface area is 181 Å². The molecule has 2 fully saturated rings. The van der Waals surface area contributed by atoms with Crippen molar-refractivity contribution in [1.82, 2.24) is 20.4 Å². The third-order valence-electron chi connectivity index (χ3n) is 5.91. The fraction of sp³-hybridized carbons (Fsp3) is 0.696. The van der Waals surface area contributed by atoms with Gasteiger partial charge in [-0.1, -0.05) is 12.1 Å². The molecule has 0 bridgehead atoms. The Hall–Kier alpha value is -1.83. The number of guanidine groups is 1. The molecule has 0 saturated carbocycles. The second-order valence-electron chi connectivity index (χ2n) is 8.53. The molecular formula is C23H39N5O2. The molecule has 0 aliphatic carbocycles. The van der Waals surface area contributed by atoms with Gasteiger partial charge >= 0.3 is 0 Å². The first-order valence-corrected chi connectivity index (χ1v) is 11.3. The zero-order valence-corrected chi connectivity index (χ0v) is 19.1. The van der Waals surface area contributed by atoms with Crippen molar-refractivity contribution in [2.45, 2.75) is 45.4 Å². The lowest BCUT2D eigenvalue weighted by Crippen LogP contribution is -2.55. The Morgan fingerprint density at radius 1 is 1.27 bits per heavy atom. The summed E-state index contributed by atoms with van der Waals surface area (Å²) >= 11 is 0. The van der Waals surface area contributed by atoms with E-state index in [1.54, 1.807) is 0 Å². The second kappa shape index (κ2) is 11.5. The minimum atomic E-state index is 0.214. The van der Waals surface area contributed by atoms with Gasteiger partial charge in [0.05, 0.1) is 12.6 Å². The number of benzene rings is 1. The molecule has 2 N–H and O–H groups in total. The maximum atomic E-state index is 6.13. The number of aliphatic imine (C=N–C) groups is 1. The largest absolute Gasteiger partial charge is 0.491 e. The molecule has 0 radical (unpaired) electrons. The standard InChI is InChI=1S/C23H39N5O2/c1-5-24-23(26-15-20-16-27(3)10-11-28(20)4)25-14-19-9-8-18(2)13-22(19)30-17-21-7-6-12-29-21/h8-9,13,20-21H,5-7,10-12,14-17H2,1-4H3,(H2,24,25,26). The number of piperazine rings is 1. The van der Waals surface area contributed by atoms with E-state index in [-0.39, 0.29) is 6.10 Å². The smallest absolute Gasteiger partial charge is 0.191 e. The summed E-state index contributed by atoms with van der Waals surface area (Å²) in [5.74, 6) is 1.77. The number of nitrogens with one attached hydrogen (secondary N) is 2. The Balaban J connectivity index is 1.60. The van der Waals surface area contributed by atoms with Gasteiger partial charge in [-0.2, -0.15) is 0 Å². The van der Waals surface area contributed by atoms with E-state index in [0.29, 0.717) is 19.2 Å². The normalized spacial score (nSPS) is 23.5. The van der Waals surface area contributed by atoms with Crippen molar-refractivity contribution in [3.63, 3.8) is 0 Å². The topological polar surface area (TPSA) is 61.4 Å². The average molecular weight is 418 g/mol. The molecule has 2 aliphatic heterocycles. The second-order valence-corrected chi connectivity index (χ2v) is 8.53. The number of nitrogens with zero attached hydrogens (tertiary/aromatic N) is 3. The first-order chi connectivity index (χ1) is 14.5. The molecule has 1 aromatic carbocycles. The summed E-state index contributed by atoms with van der Waals surface area (Å²) in [7, 11) is 4.39. The van der Waals surface area contributed by atoms with Crippen LogP contribution in [0, 0.1) is 6.92 Å². The van der Waals surface area contributed by atoms with E-state index < -0.39 is 0 Å². The summed E-state index contributed by atoms with van der Waals surface area (Å²) < 4.78 is 11.8. The predicted octanol–water partition coefficient (Wildman–Crippen LogP) is 1.85. The van der Waals surface area contributed by atoms with E-state index >= 15 is 0 Å². The van der Waals surface area contributed by atoms with Gasteiger partial charge in [0.25, 0.3) is 0 Å². The number of rotatable bonds is 8.